The number of aliphatic hydroxyl groups is 1. The van der Waals surface area contributed by atoms with Gasteiger partial charge in [0.25, 0.3) is 0 Å². The molecule has 0 aromatic heterocycles. The predicted molar refractivity (Wildman–Crippen MR) is 75.7 cm³/mol. The minimum atomic E-state index is -0.0867. The van der Waals surface area contributed by atoms with E-state index in [2.05, 4.69) is 0 Å². The standard InChI is InChI=1S/C15H19NO3/c1-18-13-8-11(9-17)15(19-2)12-5-3-4-10(6-7-16)14(12)13/h3-5,8,17H,6-7,9,16H2,1-2H3. The van der Waals surface area contributed by atoms with Crippen LogP contribution in [0.3, 0.4) is 0 Å². The van der Waals surface area contributed by atoms with Crippen LogP contribution in [0.1, 0.15) is 11.1 Å². The zero-order chi connectivity index (χ0) is 13.8. The lowest BCUT2D eigenvalue weighted by Gasteiger charge is -2.16. The molecule has 0 unspecified atom stereocenters. The lowest BCUT2D eigenvalue weighted by Crippen LogP contribution is -2.04. The molecular formula is C15H19NO3. The SMILES string of the molecule is COc1c(CO)cc(OC)c2c(CCN)cccc12. The Hall–Kier alpha value is -1.78. The fourth-order valence-electron chi connectivity index (χ4n) is 2.43. The topological polar surface area (TPSA) is 64.7 Å². The summed E-state index contributed by atoms with van der Waals surface area (Å²) in [5.74, 6) is 1.43. The first-order chi connectivity index (χ1) is 9.26. The largest absolute Gasteiger partial charge is 0.496 e. The van der Waals surface area contributed by atoms with Crippen LogP contribution in [0, 0.1) is 0 Å². The van der Waals surface area contributed by atoms with Crippen molar-refractivity contribution in [3.05, 3.63) is 35.4 Å². The monoisotopic (exact) mass is 261 g/mol. The number of rotatable bonds is 5. The number of aliphatic hydroxyl groups excluding tert-OH is 1. The molecule has 0 aliphatic heterocycles. The smallest absolute Gasteiger partial charge is 0.132 e. The van der Waals surface area contributed by atoms with E-state index in [4.69, 9.17) is 15.2 Å². The lowest BCUT2D eigenvalue weighted by atomic mass is 9.98. The molecule has 3 N–H and O–H groups in total. The quantitative estimate of drug-likeness (QED) is 0.862. The minimum absolute atomic E-state index is 0.0867. The highest BCUT2D eigenvalue weighted by molar-refractivity contribution is 5.97. The number of fused-ring (bicyclic) bond motifs is 1. The Kier molecular flexibility index (Phi) is 4.24. The van der Waals surface area contributed by atoms with Gasteiger partial charge in [-0.1, -0.05) is 18.2 Å². The summed E-state index contributed by atoms with van der Waals surface area (Å²) in [6.07, 6.45) is 0.773. The second-order valence-electron chi connectivity index (χ2n) is 4.31. The summed E-state index contributed by atoms with van der Waals surface area (Å²) in [5, 5.41) is 11.4. The molecule has 0 aliphatic carbocycles. The Bertz CT molecular complexity index is 581. The fraction of sp³-hybridized carbons (Fsp3) is 0.333. The molecule has 102 valence electrons. The van der Waals surface area contributed by atoms with Gasteiger partial charge in [0.15, 0.2) is 0 Å². The molecule has 0 atom stereocenters. The van der Waals surface area contributed by atoms with Crippen LogP contribution >= 0.6 is 0 Å². The highest BCUT2D eigenvalue weighted by atomic mass is 16.5. The molecule has 0 bridgehead atoms. The summed E-state index contributed by atoms with van der Waals surface area (Å²) >= 11 is 0. The van der Waals surface area contributed by atoms with Crippen molar-refractivity contribution in [2.75, 3.05) is 20.8 Å². The molecule has 0 saturated heterocycles. The van der Waals surface area contributed by atoms with Gasteiger partial charge in [-0.2, -0.15) is 0 Å². The highest BCUT2D eigenvalue weighted by Gasteiger charge is 2.15. The average molecular weight is 261 g/mol. The van der Waals surface area contributed by atoms with Crippen molar-refractivity contribution in [2.24, 2.45) is 5.73 Å². The van der Waals surface area contributed by atoms with Gasteiger partial charge in [0.2, 0.25) is 0 Å². The number of hydrogen-bond donors (Lipinski definition) is 2. The Balaban J connectivity index is 2.82. The third-order valence-electron chi connectivity index (χ3n) is 3.25. The fourth-order valence-corrected chi connectivity index (χ4v) is 2.43. The van der Waals surface area contributed by atoms with E-state index in [1.54, 1.807) is 14.2 Å². The van der Waals surface area contributed by atoms with E-state index < -0.39 is 0 Å². The minimum Gasteiger partial charge on any atom is -0.496 e. The molecule has 0 fully saturated rings. The van der Waals surface area contributed by atoms with Gasteiger partial charge in [0.05, 0.1) is 20.8 Å². The third kappa shape index (κ3) is 2.37. The second-order valence-corrected chi connectivity index (χ2v) is 4.31. The van der Waals surface area contributed by atoms with Crippen molar-refractivity contribution in [3.63, 3.8) is 0 Å². The summed E-state index contributed by atoms with van der Waals surface area (Å²) < 4.78 is 10.9. The lowest BCUT2D eigenvalue weighted by molar-refractivity contribution is 0.273. The van der Waals surface area contributed by atoms with Crippen LogP contribution in [-0.2, 0) is 13.0 Å². The van der Waals surface area contributed by atoms with Gasteiger partial charge >= 0.3 is 0 Å². The summed E-state index contributed by atoms with van der Waals surface area (Å²) in [7, 11) is 3.23. The van der Waals surface area contributed by atoms with Gasteiger partial charge in [0, 0.05) is 16.3 Å². The van der Waals surface area contributed by atoms with Crippen LogP contribution in [0.25, 0.3) is 10.8 Å². The van der Waals surface area contributed by atoms with Crippen LogP contribution in [0.2, 0.25) is 0 Å². The van der Waals surface area contributed by atoms with Crippen LogP contribution < -0.4 is 15.2 Å². The molecule has 0 saturated carbocycles. The first kappa shape index (κ1) is 13.6. The maximum atomic E-state index is 9.45. The molecule has 0 heterocycles. The van der Waals surface area contributed by atoms with E-state index >= 15 is 0 Å². The van der Waals surface area contributed by atoms with E-state index in [0.717, 1.165) is 34.1 Å². The van der Waals surface area contributed by atoms with Crippen molar-refractivity contribution < 1.29 is 14.6 Å². The van der Waals surface area contributed by atoms with Crippen molar-refractivity contribution in [2.45, 2.75) is 13.0 Å². The zero-order valence-corrected chi connectivity index (χ0v) is 11.3. The average Bonchev–Trinajstić information content (AvgIpc) is 2.45. The number of hydrogen-bond acceptors (Lipinski definition) is 4. The predicted octanol–water partition coefficient (Wildman–Crippen LogP) is 1.85. The summed E-state index contributed by atoms with van der Waals surface area (Å²) in [5.41, 5.74) is 7.50. The molecule has 19 heavy (non-hydrogen) atoms. The Morgan fingerprint density at radius 2 is 1.95 bits per heavy atom. The van der Waals surface area contributed by atoms with Crippen LogP contribution in [0.15, 0.2) is 24.3 Å². The first-order valence-corrected chi connectivity index (χ1v) is 6.23. The highest BCUT2D eigenvalue weighted by Crippen LogP contribution is 2.38. The molecule has 0 aliphatic rings. The van der Waals surface area contributed by atoms with E-state index in [0.29, 0.717) is 12.3 Å². The van der Waals surface area contributed by atoms with E-state index in [9.17, 15) is 5.11 Å². The second kappa shape index (κ2) is 5.91. The van der Waals surface area contributed by atoms with Gasteiger partial charge in [-0.15, -0.1) is 0 Å². The zero-order valence-electron chi connectivity index (χ0n) is 11.3. The van der Waals surface area contributed by atoms with E-state index in [1.807, 2.05) is 24.3 Å². The first-order valence-electron chi connectivity index (χ1n) is 6.23. The Labute approximate surface area is 112 Å². The van der Waals surface area contributed by atoms with Gasteiger partial charge in [-0.25, -0.2) is 0 Å². The molecule has 2 aromatic carbocycles. The summed E-state index contributed by atoms with van der Waals surface area (Å²) in [6, 6.07) is 7.79. The van der Waals surface area contributed by atoms with Crippen molar-refractivity contribution in [1.82, 2.24) is 0 Å². The maximum Gasteiger partial charge on any atom is 0.132 e. The van der Waals surface area contributed by atoms with E-state index in [1.165, 1.54) is 0 Å². The summed E-state index contributed by atoms with van der Waals surface area (Å²) in [4.78, 5) is 0. The molecule has 0 amide bonds. The molecule has 0 radical (unpaired) electrons. The molecule has 4 nitrogen and oxygen atoms in total. The normalized spacial score (nSPS) is 10.7. The van der Waals surface area contributed by atoms with Crippen LogP contribution in [-0.4, -0.2) is 25.9 Å². The van der Waals surface area contributed by atoms with Crippen molar-refractivity contribution in [1.29, 1.82) is 0 Å². The number of nitrogens with two attached hydrogens (primary N) is 1. The van der Waals surface area contributed by atoms with Gasteiger partial charge in [0.1, 0.15) is 11.5 Å². The summed E-state index contributed by atoms with van der Waals surface area (Å²) in [6.45, 7) is 0.489. The molecule has 4 heteroatoms. The Morgan fingerprint density at radius 3 is 2.53 bits per heavy atom. The van der Waals surface area contributed by atoms with Gasteiger partial charge in [-0.05, 0) is 24.6 Å². The van der Waals surface area contributed by atoms with Crippen LogP contribution in [0.5, 0.6) is 11.5 Å². The van der Waals surface area contributed by atoms with Gasteiger partial charge in [-0.3, -0.25) is 0 Å². The number of ether oxygens (including phenoxy) is 2. The van der Waals surface area contributed by atoms with Gasteiger partial charge < -0.3 is 20.3 Å². The van der Waals surface area contributed by atoms with Crippen molar-refractivity contribution in [3.8, 4) is 11.5 Å². The molecule has 2 rings (SSSR count). The third-order valence-corrected chi connectivity index (χ3v) is 3.25. The molecule has 2 aromatic rings. The molecular weight excluding hydrogens is 242 g/mol. The number of methoxy groups -OCH3 is 2. The maximum absolute atomic E-state index is 9.45. The Morgan fingerprint density at radius 1 is 1.16 bits per heavy atom. The number of benzene rings is 2. The molecule has 0 spiro atoms. The van der Waals surface area contributed by atoms with E-state index in [-0.39, 0.29) is 6.61 Å². The van der Waals surface area contributed by atoms with Crippen LogP contribution in [0.4, 0.5) is 0 Å². The van der Waals surface area contributed by atoms with Crippen molar-refractivity contribution >= 4 is 10.8 Å².